The molecule has 1 fully saturated rings. The molecule has 1 aliphatic heterocycles. The molecule has 0 aromatic heterocycles. The molecule has 0 unspecified atom stereocenters. The normalized spacial score (nSPS) is 26.7. The average Bonchev–Trinajstić information content (AvgIpc) is 3.08. The van der Waals surface area contributed by atoms with Crippen molar-refractivity contribution >= 4 is 17.8 Å². The van der Waals surface area contributed by atoms with Gasteiger partial charge >= 0.3 is 5.97 Å². The van der Waals surface area contributed by atoms with E-state index in [4.69, 9.17) is 4.74 Å². The van der Waals surface area contributed by atoms with Crippen LogP contribution < -0.4 is 5.32 Å². The highest BCUT2D eigenvalue weighted by atomic mass is 16.5. The van der Waals surface area contributed by atoms with Gasteiger partial charge < -0.3 is 20.1 Å². The second-order valence-electron chi connectivity index (χ2n) is 8.48. The number of nitrogens with one attached hydrogen (secondary N) is 1. The first kappa shape index (κ1) is 24.0. The number of carbonyl (C=O) groups is 3. The average molecular weight is 443 g/mol. The number of hydrogen-bond acceptors (Lipinski definition) is 5. The van der Waals surface area contributed by atoms with Crippen molar-refractivity contribution in [3.8, 4) is 0 Å². The molecule has 1 aliphatic carbocycles. The molecule has 0 radical (unpaired) electrons. The van der Waals surface area contributed by atoms with Gasteiger partial charge in [0.2, 0.25) is 11.8 Å². The molecule has 0 bridgehead atoms. The van der Waals surface area contributed by atoms with Gasteiger partial charge in [-0.3, -0.25) is 14.4 Å². The number of carbonyl (C=O) groups excluding carboxylic acids is 3. The molecular weight excluding hydrogens is 408 g/mol. The summed E-state index contributed by atoms with van der Waals surface area (Å²) in [6.45, 7) is 4.61. The number of aliphatic hydroxyl groups is 1. The molecule has 0 spiro atoms. The minimum absolute atomic E-state index is 0.0763. The molecule has 7 nitrogen and oxygen atoms in total. The van der Waals surface area contributed by atoms with Crippen molar-refractivity contribution in [2.24, 2.45) is 23.7 Å². The number of amides is 2. The van der Waals surface area contributed by atoms with Crippen LogP contribution in [0.5, 0.6) is 0 Å². The molecule has 1 saturated heterocycles. The number of hydrogen-bond donors (Lipinski definition) is 2. The van der Waals surface area contributed by atoms with Crippen molar-refractivity contribution in [2.45, 2.75) is 45.7 Å². The predicted octanol–water partition coefficient (Wildman–Crippen LogP) is 2.29. The molecule has 1 aromatic rings. The summed E-state index contributed by atoms with van der Waals surface area (Å²) < 4.78 is 5.35. The third-order valence-corrected chi connectivity index (χ3v) is 6.43. The molecule has 1 heterocycles. The minimum Gasteiger partial charge on any atom is -0.466 e. The molecule has 2 N–H and O–H groups in total. The van der Waals surface area contributed by atoms with E-state index in [9.17, 15) is 19.5 Å². The van der Waals surface area contributed by atoms with Gasteiger partial charge in [-0.15, -0.1) is 0 Å². The van der Waals surface area contributed by atoms with Crippen molar-refractivity contribution in [2.75, 3.05) is 19.8 Å². The molecule has 5 atom stereocenters. The van der Waals surface area contributed by atoms with E-state index in [2.05, 4.69) is 5.32 Å². The molecule has 2 aliphatic rings. The zero-order chi connectivity index (χ0) is 23.1. The Balaban J connectivity index is 1.89. The number of fused-ring (bicyclic) bond motifs is 1. The third kappa shape index (κ3) is 5.04. The zero-order valence-corrected chi connectivity index (χ0v) is 18.9. The summed E-state index contributed by atoms with van der Waals surface area (Å²) in [6.07, 6.45) is 5.97. The fourth-order valence-electron chi connectivity index (χ4n) is 5.04. The first-order valence-electron chi connectivity index (χ1n) is 11.6. The lowest BCUT2D eigenvalue weighted by Gasteiger charge is -2.33. The maximum atomic E-state index is 13.5. The van der Waals surface area contributed by atoms with Gasteiger partial charge in [-0.2, -0.15) is 0 Å². The van der Waals surface area contributed by atoms with E-state index in [-0.39, 0.29) is 43.5 Å². The molecule has 3 rings (SSSR count). The van der Waals surface area contributed by atoms with Gasteiger partial charge in [0, 0.05) is 25.6 Å². The van der Waals surface area contributed by atoms with E-state index in [1.54, 1.807) is 11.8 Å². The van der Waals surface area contributed by atoms with Crippen LogP contribution in [0.2, 0.25) is 0 Å². The summed E-state index contributed by atoms with van der Waals surface area (Å²) in [4.78, 5) is 41.3. The largest absolute Gasteiger partial charge is 0.466 e. The van der Waals surface area contributed by atoms with Crippen LogP contribution in [-0.2, 0) is 25.7 Å². The Labute approximate surface area is 189 Å². The quantitative estimate of drug-likeness (QED) is 0.428. The molecule has 174 valence electrons. The van der Waals surface area contributed by atoms with E-state index < -0.39 is 23.8 Å². The highest BCUT2D eigenvalue weighted by molar-refractivity contribution is 5.96. The summed E-state index contributed by atoms with van der Waals surface area (Å²) in [5.74, 6) is -2.52. The predicted molar refractivity (Wildman–Crippen MR) is 120 cm³/mol. The third-order valence-electron chi connectivity index (χ3n) is 6.43. The van der Waals surface area contributed by atoms with Gasteiger partial charge in [0.25, 0.3) is 0 Å². The Hall–Kier alpha value is -2.67. The van der Waals surface area contributed by atoms with E-state index >= 15 is 0 Å². The number of aliphatic hydroxyl groups excluding tert-OH is 1. The smallest absolute Gasteiger partial charge is 0.310 e. The van der Waals surface area contributed by atoms with Gasteiger partial charge in [0.15, 0.2) is 0 Å². The Morgan fingerprint density at radius 1 is 1.16 bits per heavy atom. The molecule has 7 heteroatoms. The summed E-state index contributed by atoms with van der Waals surface area (Å²) in [6, 6.07) is 8.88. The maximum Gasteiger partial charge on any atom is 0.310 e. The van der Waals surface area contributed by atoms with Crippen molar-refractivity contribution in [1.82, 2.24) is 10.2 Å². The number of ether oxygens (including phenoxy) is 1. The molecule has 0 saturated carbocycles. The standard InChI is InChI=1S/C25H34N2O5/c1-3-9-18-12-13-19-21(20(18)25(31)32-4-2)24(30)27(14-8-15-28)22(19)23(29)26-16-17-10-6-5-7-11-17/h5-7,10-13,18-22,28H,3-4,8-9,14-16H2,1-2H3,(H,26,29)/t18-,19+,20-,21-,22+/m1/s1. The van der Waals surface area contributed by atoms with Crippen LogP contribution in [0.3, 0.4) is 0 Å². The monoisotopic (exact) mass is 442 g/mol. The Bertz CT molecular complexity index is 825. The lowest BCUT2D eigenvalue weighted by atomic mass is 9.69. The maximum absolute atomic E-state index is 13.5. The van der Waals surface area contributed by atoms with Crippen LogP contribution >= 0.6 is 0 Å². The SMILES string of the molecule is CCC[C@@H]1C=C[C@H]2[C@@H](C(=O)N(CCCO)[C@@H]2C(=O)NCc2ccccc2)[C@@H]1C(=O)OCC. The first-order chi connectivity index (χ1) is 15.5. The Morgan fingerprint density at radius 3 is 2.56 bits per heavy atom. The lowest BCUT2D eigenvalue weighted by molar-refractivity contribution is -0.155. The number of nitrogens with zero attached hydrogens (tertiary/aromatic N) is 1. The van der Waals surface area contributed by atoms with Gasteiger partial charge in [-0.1, -0.05) is 55.8 Å². The van der Waals surface area contributed by atoms with E-state index in [1.807, 2.05) is 49.4 Å². The molecular formula is C25H34N2O5. The topological polar surface area (TPSA) is 95.9 Å². The number of likely N-dealkylation sites (tertiary alicyclic amines) is 1. The van der Waals surface area contributed by atoms with Gasteiger partial charge in [0.1, 0.15) is 6.04 Å². The zero-order valence-electron chi connectivity index (χ0n) is 18.9. The molecule has 2 amide bonds. The Morgan fingerprint density at radius 2 is 1.91 bits per heavy atom. The number of esters is 1. The van der Waals surface area contributed by atoms with Gasteiger partial charge in [-0.05, 0) is 31.2 Å². The van der Waals surface area contributed by atoms with E-state index in [1.165, 1.54) is 0 Å². The number of rotatable bonds is 10. The summed E-state index contributed by atoms with van der Waals surface area (Å²) in [5, 5.41) is 12.3. The summed E-state index contributed by atoms with van der Waals surface area (Å²) in [7, 11) is 0. The van der Waals surface area contributed by atoms with Crippen molar-refractivity contribution < 1.29 is 24.2 Å². The van der Waals surface area contributed by atoms with Crippen molar-refractivity contribution in [3.63, 3.8) is 0 Å². The number of benzene rings is 1. The number of allylic oxidation sites excluding steroid dienone is 1. The Kier molecular flexibility index (Phi) is 8.45. The van der Waals surface area contributed by atoms with Gasteiger partial charge in [-0.25, -0.2) is 0 Å². The fourth-order valence-corrected chi connectivity index (χ4v) is 5.04. The van der Waals surface area contributed by atoms with Crippen LogP contribution in [0.4, 0.5) is 0 Å². The summed E-state index contributed by atoms with van der Waals surface area (Å²) >= 11 is 0. The van der Waals surface area contributed by atoms with Gasteiger partial charge in [0.05, 0.1) is 18.4 Å². The lowest BCUT2D eigenvalue weighted by Crippen LogP contribution is -2.47. The molecule has 1 aromatic carbocycles. The summed E-state index contributed by atoms with van der Waals surface area (Å²) in [5.41, 5.74) is 0.968. The minimum atomic E-state index is -0.710. The van der Waals surface area contributed by atoms with Crippen molar-refractivity contribution in [3.05, 3.63) is 48.0 Å². The van der Waals surface area contributed by atoms with Crippen LogP contribution in [0.25, 0.3) is 0 Å². The van der Waals surface area contributed by atoms with Crippen LogP contribution in [0, 0.1) is 23.7 Å². The second-order valence-corrected chi connectivity index (χ2v) is 8.48. The van der Waals surface area contributed by atoms with Crippen LogP contribution in [-0.4, -0.2) is 53.6 Å². The first-order valence-corrected chi connectivity index (χ1v) is 11.6. The van der Waals surface area contributed by atoms with Crippen LogP contribution in [0.15, 0.2) is 42.5 Å². The highest BCUT2D eigenvalue weighted by Crippen LogP contribution is 2.45. The highest BCUT2D eigenvalue weighted by Gasteiger charge is 2.57. The second kappa shape index (κ2) is 11.3. The van der Waals surface area contributed by atoms with E-state index in [0.29, 0.717) is 13.0 Å². The van der Waals surface area contributed by atoms with Crippen LogP contribution in [0.1, 0.15) is 38.7 Å². The molecule has 32 heavy (non-hydrogen) atoms. The van der Waals surface area contributed by atoms with E-state index in [0.717, 1.165) is 18.4 Å². The van der Waals surface area contributed by atoms with Crippen molar-refractivity contribution in [1.29, 1.82) is 0 Å². The fraction of sp³-hybridized carbons (Fsp3) is 0.560.